The molecule has 0 radical (unpaired) electrons. The highest BCUT2D eigenvalue weighted by molar-refractivity contribution is 7.14. The van der Waals surface area contributed by atoms with E-state index in [2.05, 4.69) is 5.10 Å². The van der Waals surface area contributed by atoms with Gasteiger partial charge in [-0.15, -0.1) is 11.3 Å². The van der Waals surface area contributed by atoms with Crippen molar-refractivity contribution in [2.45, 2.75) is 6.54 Å². The van der Waals surface area contributed by atoms with Crippen molar-refractivity contribution in [1.82, 2.24) is 9.78 Å². The highest BCUT2D eigenvalue weighted by Gasteiger charge is 2.12. The first-order valence-electron chi connectivity index (χ1n) is 6.17. The van der Waals surface area contributed by atoms with Gasteiger partial charge in [-0.05, 0) is 23.8 Å². The summed E-state index contributed by atoms with van der Waals surface area (Å²) < 4.78 is 2.42. The van der Waals surface area contributed by atoms with Crippen molar-refractivity contribution in [3.05, 3.63) is 62.4 Å². The maximum atomic E-state index is 11.2. The molecule has 0 fully saturated rings. The van der Waals surface area contributed by atoms with Crippen LogP contribution in [0.3, 0.4) is 0 Å². The van der Waals surface area contributed by atoms with E-state index in [1.807, 2.05) is 35.7 Å². The molecule has 0 saturated heterocycles. The highest BCUT2D eigenvalue weighted by Crippen LogP contribution is 2.29. The Kier molecular flexibility index (Phi) is 4.10. The van der Waals surface area contributed by atoms with Gasteiger partial charge in [-0.25, -0.2) is 0 Å². The van der Waals surface area contributed by atoms with Gasteiger partial charge in [-0.3, -0.25) is 9.48 Å². The molecule has 21 heavy (non-hydrogen) atoms. The molecule has 0 saturated carbocycles. The fourth-order valence-electron chi connectivity index (χ4n) is 2.04. The average molecular weight is 337 g/mol. The topological polar surface area (TPSA) is 34.9 Å². The summed E-state index contributed by atoms with van der Waals surface area (Å²) in [5.41, 5.74) is 3.14. The van der Waals surface area contributed by atoms with E-state index >= 15 is 0 Å². The van der Waals surface area contributed by atoms with Gasteiger partial charge in [0.25, 0.3) is 0 Å². The molecule has 3 rings (SSSR count). The van der Waals surface area contributed by atoms with Gasteiger partial charge in [0.1, 0.15) is 5.69 Å². The number of rotatable bonds is 4. The van der Waals surface area contributed by atoms with Crippen molar-refractivity contribution >= 4 is 40.8 Å². The van der Waals surface area contributed by atoms with Crippen molar-refractivity contribution in [3.8, 4) is 11.3 Å². The number of aldehydes is 1. The number of carbonyl (C=O) groups is 1. The lowest BCUT2D eigenvalue weighted by atomic mass is 10.2. The van der Waals surface area contributed by atoms with E-state index in [0.29, 0.717) is 27.2 Å². The van der Waals surface area contributed by atoms with Crippen LogP contribution in [0.1, 0.15) is 15.9 Å². The van der Waals surface area contributed by atoms with E-state index in [1.54, 1.807) is 10.9 Å². The van der Waals surface area contributed by atoms with Crippen LogP contribution in [0.4, 0.5) is 0 Å². The van der Waals surface area contributed by atoms with E-state index in [4.69, 9.17) is 23.2 Å². The Balaban J connectivity index is 1.92. The second-order valence-electron chi connectivity index (χ2n) is 4.51. The van der Waals surface area contributed by atoms with Crippen LogP contribution in [-0.2, 0) is 6.54 Å². The Morgan fingerprint density at radius 2 is 2.00 bits per heavy atom. The first-order valence-corrected chi connectivity index (χ1v) is 7.81. The summed E-state index contributed by atoms with van der Waals surface area (Å²) in [5.74, 6) is 0. The lowest BCUT2D eigenvalue weighted by Gasteiger charge is -2.01. The molecule has 0 spiro atoms. The van der Waals surface area contributed by atoms with Gasteiger partial charge < -0.3 is 0 Å². The maximum Gasteiger partial charge on any atom is 0.153 e. The Morgan fingerprint density at radius 1 is 1.24 bits per heavy atom. The molecule has 0 aliphatic heterocycles. The van der Waals surface area contributed by atoms with E-state index in [0.717, 1.165) is 17.4 Å². The van der Waals surface area contributed by atoms with Gasteiger partial charge in [-0.1, -0.05) is 35.3 Å². The number of hydrogen-bond acceptors (Lipinski definition) is 3. The zero-order chi connectivity index (χ0) is 14.8. The first kappa shape index (κ1) is 14.3. The fourth-order valence-corrected chi connectivity index (χ4v) is 3.03. The van der Waals surface area contributed by atoms with Crippen molar-refractivity contribution in [3.63, 3.8) is 0 Å². The van der Waals surface area contributed by atoms with Gasteiger partial charge in [0.05, 0.1) is 16.4 Å². The van der Waals surface area contributed by atoms with Crippen molar-refractivity contribution in [2.24, 2.45) is 0 Å². The molecule has 0 aliphatic carbocycles. The molecule has 2 aromatic heterocycles. The Labute approximate surface area is 135 Å². The van der Waals surface area contributed by atoms with Crippen molar-refractivity contribution in [1.29, 1.82) is 0 Å². The third-order valence-electron chi connectivity index (χ3n) is 3.02. The zero-order valence-corrected chi connectivity index (χ0v) is 13.1. The van der Waals surface area contributed by atoms with Crippen LogP contribution in [0.25, 0.3) is 11.3 Å². The highest BCUT2D eigenvalue weighted by atomic mass is 35.5. The monoisotopic (exact) mass is 336 g/mol. The summed E-state index contributed by atoms with van der Waals surface area (Å²) in [6, 6.07) is 9.35. The summed E-state index contributed by atoms with van der Waals surface area (Å²) in [5, 5.41) is 7.07. The molecule has 0 atom stereocenters. The molecule has 106 valence electrons. The molecule has 3 nitrogen and oxygen atoms in total. The van der Waals surface area contributed by atoms with Crippen LogP contribution in [0.15, 0.2) is 41.9 Å². The number of nitrogens with zero attached hydrogens (tertiary/aromatic N) is 2. The summed E-state index contributed by atoms with van der Waals surface area (Å²) in [6.07, 6.45) is 2.55. The number of benzene rings is 1. The average Bonchev–Trinajstić information content (AvgIpc) is 3.07. The number of thiophene rings is 1. The van der Waals surface area contributed by atoms with E-state index < -0.39 is 0 Å². The zero-order valence-electron chi connectivity index (χ0n) is 10.8. The Hall–Kier alpha value is -1.62. The van der Waals surface area contributed by atoms with Crippen LogP contribution in [0.5, 0.6) is 0 Å². The summed E-state index contributed by atoms with van der Waals surface area (Å²) in [4.78, 5) is 11.2. The van der Waals surface area contributed by atoms with Crippen LogP contribution in [-0.4, -0.2) is 16.1 Å². The molecule has 3 aromatic rings. The molecular formula is C15H10Cl2N2OS. The summed E-state index contributed by atoms with van der Waals surface area (Å²) in [6.45, 7) is 0.579. The lowest BCUT2D eigenvalue weighted by Crippen LogP contribution is -2.00. The molecule has 0 N–H and O–H groups in total. The maximum absolute atomic E-state index is 11.2. The van der Waals surface area contributed by atoms with E-state index in [1.165, 1.54) is 11.3 Å². The number of carbonyl (C=O) groups excluding carboxylic acids is 1. The minimum Gasteiger partial charge on any atom is -0.298 e. The quantitative estimate of drug-likeness (QED) is 0.642. The first-order chi connectivity index (χ1) is 10.2. The van der Waals surface area contributed by atoms with Crippen LogP contribution in [0, 0.1) is 0 Å². The van der Waals surface area contributed by atoms with Gasteiger partial charge in [0.2, 0.25) is 0 Å². The summed E-state index contributed by atoms with van der Waals surface area (Å²) >= 11 is 13.2. The molecule has 0 bridgehead atoms. The third-order valence-corrected chi connectivity index (χ3v) is 4.36. The molecule has 0 aliphatic rings. The largest absolute Gasteiger partial charge is 0.298 e. The van der Waals surface area contributed by atoms with E-state index in [-0.39, 0.29) is 0 Å². The molecule has 1 aromatic carbocycles. The molecule has 6 heteroatoms. The third kappa shape index (κ3) is 3.18. The number of halogens is 2. The normalized spacial score (nSPS) is 10.8. The minimum atomic E-state index is 0.554. The Bertz CT molecular complexity index is 777. The predicted octanol–water partition coefficient (Wildman–Crippen LogP) is 4.78. The Morgan fingerprint density at radius 3 is 2.62 bits per heavy atom. The smallest absolute Gasteiger partial charge is 0.153 e. The van der Waals surface area contributed by atoms with Crippen LogP contribution < -0.4 is 0 Å². The number of aromatic nitrogens is 2. The van der Waals surface area contributed by atoms with E-state index in [9.17, 15) is 4.79 Å². The second-order valence-corrected chi connectivity index (χ2v) is 6.49. The van der Waals surface area contributed by atoms with Crippen molar-refractivity contribution < 1.29 is 4.79 Å². The van der Waals surface area contributed by atoms with Crippen LogP contribution >= 0.6 is 34.5 Å². The SMILES string of the molecule is O=Cc1cn(Cc2ccc(Cl)cc2)nc1-c1csc(Cl)c1. The van der Waals surface area contributed by atoms with Gasteiger partial charge in [-0.2, -0.15) is 5.10 Å². The number of hydrogen-bond donors (Lipinski definition) is 0. The molecular weight excluding hydrogens is 327 g/mol. The fraction of sp³-hybridized carbons (Fsp3) is 0.0667. The molecule has 2 heterocycles. The summed E-state index contributed by atoms with van der Waals surface area (Å²) in [7, 11) is 0. The standard InChI is InChI=1S/C15H10Cl2N2OS/c16-13-3-1-10(2-4-13)6-19-7-12(8-20)15(18-19)11-5-14(17)21-9-11/h1-5,7-9H,6H2. The minimum absolute atomic E-state index is 0.554. The predicted molar refractivity (Wildman–Crippen MR) is 86.5 cm³/mol. The lowest BCUT2D eigenvalue weighted by molar-refractivity contribution is 0.112. The van der Waals surface area contributed by atoms with Gasteiger partial charge >= 0.3 is 0 Å². The second kappa shape index (κ2) is 6.02. The molecule has 0 unspecified atom stereocenters. The molecule has 0 amide bonds. The van der Waals surface area contributed by atoms with Gasteiger partial charge in [0.15, 0.2) is 6.29 Å². The van der Waals surface area contributed by atoms with Gasteiger partial charge in [0, 0.05) is 22.2 Å². The van der Waals surface area contributed by atoms with Crippen molar-refractivity contribution in [2.75, 3.05) is 0 Å². The van der Waals surface area contributed by atoms with Crippen LogP contribution in [0.2, 0.25) is 9.36 Å².